The second kappa shape index (κ2) is 9.53. The number of carbonyl (C=O) groups excluding carboxylic acids is 3. The number of benzene rings is 3. The van der Waals surface area contributed by atoms with Gasteiger partial charge < -0.3 is 9.64 Å². The molecule has 0 atom stereocenters. The summed E-state index contributed by atoms with van der Waals surface area (Å²) in [5.41, 5.74) is 2.84. The van der Waals surface area contributed by atoms with Crippen LogP contribution in [0.15, 0.2) is 90.6 Å². The van der Waals surface area contributed by atoms with Crippen LogP contribution in [0.25, 0.3) is 5.57 Å². The molecule has 1 aliphatic heterocycles. The van der Waals surface area contributed by atoms with Gasteiger partial charge in [0.2, 0.25) is 0 Å². The molecule has 0 spiro atoms. The minimum Gasteiger partial charge on any atom is -0.462 e. The fraction of sp³-hybridized carbons (Fsp3) is 0.148. The van der Waals surface area contributed by atoms with Crippen molar-refractivity contribution >= 4 is 34.7 Å². The zero-order valence-electron chi connectivity index (χ0n) is 18.5. The van der Waals surface area contributed by atoms with Gasteiger partial charge in [-0.15, -0.1) is 0 Å². The standard InChI is InChI=1S/C27H24N2O4/c1-3-18-33-27(32)20-14-16-22(17-15-20)29-25(30)23(19-10-6-4-7-11-19)24(26(29)31)28(2)21-12-8-5-9-13-21/h4-17H,3,18H2,1-2H3. The molecule has 1 aliphatic rings. The van der Waals surface area contributed by atoms with Gasteiger partial charge in [-0.25, -0.2) is 9.69 Å². The Morgan fingerprint density at radius 1 is 0.848 bits per heavy atom. The van der Waals surface area contributed by atoms with Gasteiger partial charge >= 0.3 is 5.97 Å². The highest BCUT2D eigenvalue weighted by Crippen LogP contribution is 2.36. The Hall–Kier alpha value is -4.19. The fourth-order valence-corrected chi connectivity index (χ4v) is 3.73. The third-order valence-electron chi connectivity index (χ3n) is 5.40. The van der Waals surface area contributed by atoms with Gasteiger partial charge in [-0.2, -0.15) is 0 Å². The molecule has 33 heavy (non-hydrogen) atoms. The second-order valence-electron chi connectivity index (χ2n) is 7.61. The zero-order valence-corrected chi connectivity index (χ0v) is 18.5. The molecule has 0 N–H and O–H groups in total. The largest absolute Gasteiger partial charge is 0.462 e. The topological polar surface area (TPSA) is 66.9 Å². The first-order valence-corrected chi connectivity index (χ1v) is 10.8. The molecule has 0 aromatic heterocycles. The number of esters is 1. The van der Waals surface area contributed by atoms with Crippen LogP contribution in [-0.4, -0.2) is 31.4 Å². The van der Waals surface area contributed by atoms with E-state index in [0.29, 0.717) is 34.7 Å². The van der Waals surface area contributed by atoms with Crippen LogP contribution in [0.1, 0.15) is 29.3 Å². The van der Waals surface area contributed by atoms with Crippen molar-refractivity contribution < 1.29 is 19.1 Å². The molecule has 3 aromatic rings. The third-order valence-corrected chi connectivity index (χ3v) is 5.40. The van der Waals surface area contributed by atoms with Crippen molar-refractivity contribution in [3.05, 3.63) is 102 Å². The number of hydrogen-bond donors (Lipinski definition) is 0. The molecule has 0 saturated carbocycles. The van der Waals surface area contributed by atoms with Gasteiger partial charge in [-0.1, -0.05) is 55.5 Å². The molecule has 166 valence electrons. The average Bonchev–Trinajstić information content (AvgIpc) is 3.13. The number of likely N-dealkylation sites (N-methyl/N-ethyl adjacent to an activating group) is 1. The molecule has 0 fully saturated rings. The molecule has 6 nitrogen and oxygen atoms in total. The van der Waals surface area contributed by atoms with Crippen molar-refractivity contribution in [2.45, 2.75) is 13.3 Å². The first kappa shape index (κ1) is 22.0. The maximum absolute atomic E-state index is 13.6. The zero-order chi connectivity index (χ0) is 23.4. The van der Waals surface area contributed by atoms with Crippen LogP contribution in [0.2, 0.25) is 0 Å². The summed E-state index contributed by atoms with van der Waals surface area (Å²) in [6, 6.07) is 24.9. The van der Waals surface area contributed by atoms with Gasteiger partial charge in [0.05, 0.1) is 23.4 Å². The SMILES string of the molecule is CCCOC(=O)c1ccc(N2C(=O)C(c3ccccc3)=C(N(C)c3ccccc3)C2=O)cc1. The summed E-state index contributed by atoms with van der Waals surface area (Å²) < 4.78 is 5.16. The van der Waals surface area contributed by atoms with E-state index in [1.54, 1.807) is 36.2 Å². The lowest BCUT2D eigenvalue weighted by Crippen LogP contribution is -2.34. The summed E-state index contributed by atoms with van der Waals surface area (Å²) in [7, 11) is 1.77. The maximum atomic E-state index is 13.6. The number of imide groups is 1. The van der Waals surface area contributed by atoms with Gasteiger partial charge in [0.1, 0.15) is 5.70 Å². The lowest BCUT2D eigenvalue weighted by Gasteiger charge is -2.21. The van der Waals surface area contributed by atoms with E-state index in [-0.39, 0.29) is 0 Å². The van der Waals surface area contributed by atoms with E-state index < -0.39 is 17.8 Å². The van der Waals surface area contributed by atoms with Crippen molar-refractivity contribution in [2.24, 2.45) is 0 Å². The Labute approximate surface area is 192 Å². The minimum atomic E-state index is -0.435. The summed E-state index contributed by atoms with van der Waals surface area (Å²) in [6.07, 6.45) is 0.728. The predicted octanol–water partition coefficient (Wildman–Crippen LogP) is 4.67. The molecule has 3 aromatic carbocycles. The molecular formula is C27H24N2O4. The number of carbonyl (C=O) groups is 3. The number of nitrogens with zero attached hydrogens (tertiary/aromatic N) is 2. The monoisotopic (exact) mass is 440 g/mol. The van der Waals surface area contributed by atoms with Crippen LogP contribution in [0.3, 0.4) is 0 Å². The molecular weight excluding hydrogens is 416 g/mol. The predicted molar refractivity (Wildman–Crippen MR) is 128 cm³/mol. The van der Waals surface area contributed by atoms with Crippen molar-refractivity contribution in [1.82, 2.24) is 0 Å². The summed E-state index contributed by atoms with van der Waals surface area (Å²) in [6.45, 7) is 2.26. The summed E-state index contributed by atoms with van der Waals surface area (Å²) in [4.78, 5) is 42.1. The Morgan fingerprint density at radius 3 is 2.06 bits per heavy atom. The smallest absolute Gasteiger partial charge is 0.338 e. The van der Waals surface area contributed by atoms with Gasteiger partial charge in [-0.05, 0) is 48.4 Å². The summed E-state index contributed by atoms with van der Waals surface area (Å²) in [5, 5.41) is 0. The third kappa shape index (κ3) is 4.28. The minimum absolute atomic E-state index is 0.295. The van der Waals surface area contributed by atoms with Crippen LogP contribution in [0.4, 0.5) is 11.4 Å². The number of rotatable bonds is 7. The summed E-state index contributed by atoms with van der Waals surface area (Å²) >= 11 is 0. The Morgan fingerprint density at radius 2 is 1.45 bits per heavy atom. The summed E-state index contributed by atoms with van der Waals surface area (Å²) in [5.74, 6) is -1.27. The van der Waals surface area contributed by atoms with E-state index in [1.165, 1.54) is 0 Å². The number of anilines is 2. The van der Waals surface area contributed by atoms with Crippen molar-refractivity contribution in [3.8, 4) is 0 Å². The molecule has 0 unspecified atom stereocenters. The lowest BCUT2D eigenvalue weighted by atomic mass is 10.0. The molecule has 1 heterocycles. The molecule has 6 heteroatoms. The van der Waals surface area contributed by atoms with E-state index >= 15 is 0 Å². The van der Waals surface area contributed by atoms with Gasteiger partial charge in [0.25, 0.3) is 11.8 Å². The number of amides is 2. The Bertz CT molecular complexity index is 1200. The van der Waals surface area contributed by atoms with E-state index in [0.717, 1.165) is 17.0 Å². The van der Waals surface area contributed by atoms with Crippen LogP contribution in [0, 0.1) is 0 Å². The van der Waals surface area contributed by atoms with E-state index in [2.05, 4.69) is 0 Å². The van der Waals surface area contributed by atoms with Crippen LogP contribution < -0.4 is 9.80 Å². The first-order chi connectivity index (χ1) is 16.0. The van der Waals surface area contributed by atoms with Crippen LogP contribution in [-0.2, 0) is 14.3 Å². The van der Waals surface area contributed by atoms with Crippen molar-refractivity contribution in [3.63, 3.8) is 0 Å². The second-order valence-corrected chi connectivity index (χ2v) is 7.61. The van der Waals surface area contributed by atoms with Gasteiger partial charge in [0, 0.05) is 12.7 Å². The van der Waals surface area contributed by atoms with Crippen molar-refractivity contribution in [1.29, 1.82) is 0 Å². The Kier molecular flexibility index (Phi) is 6.36. The highest BCUT2D eigenvalue weighted by Gasteiger charge is 2.42. The number of hydrogen-bond acceptors (Lipinski definition) is 5. The molecule has 0 radical (unpaired) electrons. The molecule has 0 saturated heterocycles. The average molecular weight is 440 g/mol. The maximum Gasteiger partial charge on any atom is 0.338 e. The highest BCUT2D eigenvalue weighted by atomic mass is 16.5. The number of ether oxygens (including phenoxy) is 1. The fourth-order valence-electron chi connectivity index (χ4n) is 3.73. The van der Waals surface area contributed by atoms with Crippen LogP contribution in [0.5, 0.6) is 0 Å². The molecule has 4 rings (SSSR count). The Balaban J connectivity index is 1.73. The van der Waals surface area contributed by atoms with Gasteiger partial charge in [0.15, 0.2) is 0 Å². The lowest BCUT2D eigenvalue weighted by molar-refractivity contribution is -0.120. The number of para-hydroxylation sites is 1. The van der Waals surface area contributed by atoms with Crippen molar-refractivity contribution in [2.75, 3.05) is 23.5 Å². The van der Waals surface area contributed by atoms with E-state index in [4.69, 9.17) is 4.74 Å². The van der Waals surface area contributed by atoms with Crippen LogP contribution >= 0.6 is 0 Å². The first-order valence-electron chi connectivity index (χ1n) is 10.8. The van der Waals surface area contributed by atoms with E-state index in [1.807, 2.05) is 67.6 Å². The quantitative estimate of drug-likeness (QED) is 0.394. The molecule has 2 amide bonds. The molecule has 0 bridgehead atoms. The van der Waals surface area contributed by atoms with E-state index in [9.17, 15) is 14.4 Å². The highest BCUT2D eigenvalue weighted by molar-refractivity contribution is 6.46. The normalized spacial score (nSPS) is 13.5. The molecule has 0 aliphatic carbocycles. The van der Waals surface area contributed by atoms with Gasteiger partial charge in [-0.3, -0.25) is 9.59 Å².